The fourth-order valence-electron chi connectivity index (χ4n) is 7.01. The van der Waals surface area contributed by atoms with Gasteiger partial charge in [0.2, 0.25) is 0 Å². The van der Waals surface area contributed by atoms with Gasteiger partial charge in [-0.15, -0.1) is 0 Å². The van der Waals surface area contributed by atoms with Crippen LogP contribution in [0.5, 0.6) is 0 Å². The second kappa shape index (κ2) is 59.3. The molecule has 0 aromatic rings. The molecule has 0 rings (SSSR count). The minimum Gasteiger partial charge on any atom is -0.462 e. The van der Waals surface area contributed by atoms with Crippen molar-refractivity contribution >= 4 is 17.9 Å². The first-order chi connectivity index (χ1) is 36.0. The van der Waals surface area contributed by atoms with Gasteiger partial charge in [0.25, 0.3) is 0 Å². The molecule has 0 aliphatic carbocycles. The molecule has 6 heteroatoms. The van der Waals surface area contributed by atoms with Crippen LogP contribution in [-0.4, -0.2) is 37.2 Å². The minimum atomic E-state index is -0.830. The third-order valence-electron chi connectivity index (χ3n) is 11.2. The number of hydrogen-bond donors (Lipinski definition) is 0. The lowest BCUT2D eigenvalue weighted by atomic mass is 10.1. The second-order valence-corrected chi connectivity index (χ2v) is 18.0. The molecule has 0 fully saturated rings. The van der Waals surface area contributed by atoms with Crippen molar-refractivity contribution in [1.82, 2.24) is 0 Å². The third kappa shape index (κ3) is 57.5. The van der Waals surface area contributed by atoms with Crippen LogP contribution in [-0.2, 0) is 28.6 Å². The van der Waals surface area contributed by atoms with Gasteiger partial charge < -0.3 is 14.2 Å². The average Bonchev–Trinajstić information content (AvgIpc) is 3.39. The fourth-order valence-corrected chi connectivity index (χ4v) is 7.01. The van der Waals surface area contributed by atoms with Crippen LogP contribution in [0.1, 0.15) is 213 Å². The van der Waals surface area contributed by atoms with E-state index in [1.54, 1.807) is 0 Å². The van der Waals surface area contributed by atoms with Crippen LogP contribution in [0.15, 0.2) is 170 Å². The third-order valence-corrected chi connectivity index (χ3v) is 11.2. The van der Waals surface area contributed by atoms with Crippen LogP contribution in [0.25, 0.3) is 0 Å². The number of carbonyl (C=O) groups excluding carboxylic acids is 3. The van der Waals surface area contributed by atoms with Gasteiger partial charge in [-0.05, 0) is 148 Å². The monoisotopic (exact) mass is 1000 g/mol. The normalized spacial score (nSPS) is 13.4. The van der Waals surface area contributed by atoms with Gasteiger partial charge in [-0.3, -0.25) is 14.4 Å². The standard InChI is InChI=1S/C67H102O6/c1-4-7-10-13-16-19-22-25-28-31-32-33-34-37-39-42-45-48-51-54-57-60-66(69)72-63-64(73-67(70)61-58-55-52-49-46-43-40-36-30-27-24-21-18-15-12-9-6-3)62-71-65(68)59-56-53-50-47-44-41-38-35-29-26-23-20-17-14-11-8-5-2/h7-12,16-21,25-30,32-33,37-41,43,45,48,64H,4-6,13-15,22-24,31,34-36,42,44,46-47,49-63H2,1-3H3/b10-7-,11-8-,12-9-,19-16-,20-17-,21-18-,28-25-,29-26-,30-27-,33-32-,39-37-,41-38-,43-40-,48-45-. The number of esters is 3. The van der Waals surface area contributed by atoms with Crippen LogP contribution in [0.3, 0.4) is 0 Å². The van der Waals surface area contributed by atoms with E-state index >= 15 is 0 Å². The quantitative estimate of drug-likeness (QED) is 0.0261. The summed E-state index contributed by atoms with van der Waals surface area (Å²) in [6, 6.07) is 0. The maximum atomic E-state index is 12.9. The van der Waals surface area contributed by atoms with Gasteiger partial charge in [0.05, 0.1) is 0 Å². The largest absolute Gasteiger partial charge is 0.462 e. The minimum absolute atomic E-state index is 0.124. The lowest BCUT2D eigenvalue weighted by Gasteiger charge is -2.18. The van der Waals surface area contributed by atoms with Crippen LogP contribution in [0.2, 0.25) is 0 Å². The molecule has 0 aromatic carbocycles. The first-order valence-electron chi connectivity index (χ1n) is 28.6. The molecule has 0 heterocycles. The number of carbonyl (C=O) groups is 3. The van der Waals surface area contributed by atoms with Gasteiger partial charge in [0.1, 0.15) is 13.2 Å². The molecule has 1 atom stereocenters. The van der Waals surface area contributed by atoms with Crippen molar-refractivity contribution in [2.24, 2.45) is 0 Å². The molecule has 0 amide bonds. The van der Waals surface area contributed by atoms with E-state index in [1.807, 2.05) is 0 Å². The summed E-state index contributed by atoms with van der Waals surface area (Å²) in [6.07, 6.45) is 87.7. The number of unbranched alkanes of at least 4 members (excludes halogenated alkanes) is 10. The van der Waals surface area contributed by atoms with E-state index in [4.69, 9.17) is 14.2 Å². The molecule has 0 saturated heterocycles. The summed E-state index contributed by atoms with van der Waals surface area (Å²) in [5.41, 5.74) is 0. The Labute approximate surface area is 447 Å². The highest BCUT2D eigenvalue weighted by Gasteiger charge is 2.19. The maximum Gasteiger partial charge on any atom is 0.306 e. The summed E-state index contributed by atoms with van der Waals surface area (Å²) >= 11 is 0. The lowest BCUT2D eigenvalue weighted by Crippen LogP contribution is -2.30. The van der Waals surface area contributed by atoms with Crippen LogP contribution in [0.4, 0.5) is 0 Å². The Morgan fingerprint density at radius 1 is 0.274 bits per heavy atom. The summed E-state index contributed by atoms with van der Waals surface area (Å²) in [6.45, 7) is 6.20. The molecular weight excluding hydrogens is 901 g/mol. The number of allylic oxidation sites excluding steroid dienone is 28. The van der Waals surface area contributed by atoms with Gasteiger partial charge in [-0.2, -0.15) is 0 Å². The number of rotatable bonds is 49. The van der Waals surface area contributed by atoms with Crippen LogP contribution < -0.4 is 0 Å². The maximum absolute atomic E-state index is 12.9. The van der Waals surface area contributed by atoms with Crippen LogP contribution in [0, 0.1) is 0 Å². The Kier molecular flexibility index (Phi) is 55.1. The molecule has 0 aromatic heterocycles. The Bertz CT molecular complexity index is 1720. The molecule has 0 aliphatic heterocycles. The predicted molar refractivity (Wildman–Crippen MR) is 315 cm³/mol. The molecule has 73 heavy (non-hydrogen) atoms. The zero-order valence-electron chi connectivity index (χ0n) is 46.3. The van der Waals surface area contributed by atoms with Crippen molar-refractivity contribution in [3.05, 3.63) is 170 Å². The van der Waals surface area contributed by atoms with Crippen molar-refractivity contribution in [3.63, 3.8) is 0 Å². The van der Waals surface area contributed by atoms with Crippen molar-refractivity contribution in [2.45, 2.75) is 219 Å². The number of hydrogen-bond acceptors (Lipinski definition) is 6. The fraction of sp³-hybridized carbons (Fsp3) is 0.537. The van der Waals surface area contributed by atoms with Crippen molar-refractivity contribution < 1.29 is 28.6 Å². The molecular formula is C67H102O6. The van der Waals surface area contributed by atoms with Crippen LogP contribution >= 0.6 is 0 Å². The highest BCUT2D eigenvalue weighted by molar-refractivity contribution is 5.71. The van der Waals surface area contributed by atoms with Gasteiger partial charge >= 0.3 is 17.9 Å². The first kappa shape index (κ1) is 67.8. The Morgan fingerprint density at radius 3 is 0.781 bits per heavy atom. The molecule has 406 valence electrons. The van der Waals surface area contributed by atoms with E-state index in [0.717, 1.165) is 167 Å². The summed E-state index contributed by atoms with van der Waals surface area (Å²) in [4.78, 5) is 38.2. The van der Waals surface area contributed by atoms with Crippen molar-refractivity contribution in [1.29, 1.82) is 0 Å². The van der Waals surface area contributed by atoms with Gasteiger partial charge in [0, 0.05) is 19.3 Å². The second-order valence-electron chi connectivity index (χ2n) is 18.0. The SMILES string of the molecule is CC/C=C\C/C=C\C/C=C\C/C=C\C/C=C\C/C=C\CCCCC(=O)OCC(COC(=O)CCCCCC/C=C\C/C=C\C/C=C\C/C=C\CC)OC(=O)CCCCCC/C=C\C/C=C\C/C=C\C/C=C\CC. The molecule has 1 unspecified atom stereocenters. The zero-order valence-corrected chi connectivity index (χ0v) is 46.3. The summed E-state index contributed by atoms with van der Waals surface area (Å²) in [7, 11) is 0. The summed E-state index contributed by atoms with van der Waals surface area (Å²) < 4.78 is 16.8. The zero-order chi connectivity index (χ0) is 52.9. The topological polar surface area (TPSA) is 78.9 Å². The van der Waals surface area contributed by atoms with E-state index in [9.17, 15) is 14.4 Å². The smallest absolute Gasteiger partial charge is 0.306 e. The van der Waals surface area contributed by atoms with Gasteiger partial charge in [-0.25, -0.2) is 0 Å². The van der Waals surface area contributed by atoms with Crippen molar-refractivity contribution in [3.8, 4) is 0 Å². The summed E-state index contributed by atoms with van der Waals surface area (Å²) in [5.74, 6) is -1.02. The molecule has 0 spiro atoms. The first-order valence-corrected chi connectivity index (χ1v) is 28.6. The molecule has 0 radical (unpaired) electrons. The van der Waals surface area contributed by atoms with Gasteiger partial charge in [-0.1, -0.05) is 217 Å². The van der Waals surface area contributed by atoms with E-state index in [1.165, 1.54) is 0 Å². The average molecular weight is 1000 g/mol. The lowest BCUT2D eigenvalue weighted by molar-refractivity contribution is -0.167. The molecule has 0 saturated carbocycles. The number of ether oxygens (including phenoxy) is 3. The highest BCUT2D eigenvalue weighted by Crippen LogP contribution is 2.12. The Morgan fingerprint density at radius 2 is 0.493 bits per heavy atom. The molecule has 0 N–H and O–H groups in total. The Balaban J connectivity index is 4.59. The predicted octanol–water partition coefficient (Wildman–Crippen LogP) is 19.5. The summed E-state index contributed by atoms with van der Waals surface area (Å²) in [5, 5.41) is 0. The van der Waals surface area contributed by atoms with E-state index in [-0.39, 0.29) is 44.0 Å². The molecule has 0 bridgehead atoms. The highest BCUT2D eigenvalue weighted by atomic mass is 16.6. The molecule has 6 nitrogen and oxygen atoms in total. The van der Waals surface area contributed by atoms with Gasteiger partial charge in [0.15, 0.2) is 6.10 Å². The van der Waals surface area contributed by atoms with E-state index in [2.05, 4.69) is 191 Å². The van der Waals surface area contributed by atoms with E-state index in [0.29, 0.717) is 12.8 Å². The van der Waals surface area contributed by atoms with E-state index < -0.39 is 6.10 Å². The van der Waals surface area contributed by atoms with Crippen molar-refractivity contribution in [2.75, 3.05) is 13.2 Å². The molecule has 0 aliphatic rings. The Hall–Kier alpha value is -5.23.